The van der Waals surface area contributed by atoms with E-state index in [0.29, 0.717) is 16.4 Å². The van der Waals surface area contributed by atoms with E-state index >= 15 is 0 Å². The van der Waals surface area contributed by atoms with Gasteiger partial charge >= 0.3 is 0 Å². The highest BCUT2D eigenvalue weighted by molar-refractivity contribution is 6.37. The molecule has 0 atom stereocenters. The van der Waals surface area contributed by atoms with Gasteiger partial charge in [0.15, 0.2) is 0 Å². The van der Waals surface area contributed by atoms with Crippen molar-refractivity contribution in [3.8, 4) is 5.75 Å². The zero-order chi connectivity index (χ0) is 9.42. The van der Waals surface area contributed by atoms with Gasteiger partial charge in [0.05, 0.1) is 16.4 Å². The summed E-state index contributed by atoms with van der Waals surface area (Å²) in [5, 5.41) is 10.9. The van der Waals surface area contributed by atoms with Crippen LogP contribution >= 0.6 is 23.2 Å². The third-order valence-corrected chi connectivity index (χ3v) is 2.65. The molecule has 4 heteroatoms. The second kappa shape index (κ2) is 3.13. The van der Waals surface area contributed by atoms with Gasteiger partial charge in [0.2, 0.25) is 0 Å². The smallest absolute Gasteiger partial charge is 0.139 e. The number of halogens is 2. The predicted molar refractivity (Wildman–Crippen MR) is 54.5 cm³/mol. The Morgan fingerprint density at radius 1 is 1.38 bits per heavy atom. The van der Waals surface area contributed by atoms with E-state index in [2.05, 4.69) is 4.98 Å². The van der Waals surface area contributed by atoms with Crippen LogP contribution in [-0.2, 0) is 5.88 Å². The van der Waals surface area contributed by atoms with Crippen molar-refractivity contribution in [1.29, 1.82) is 0 Å². The van der Waals surface area contributed by atoms with Crippen LogP contribution in [0.25, 0.3) is 10.9 Å². The molecule has 1 heterocycles. The highest BCUT2D eigenvalue weighted by atomic mass is 35.5. The Morgan fingerprint density at radius 2 is 2.15 bits per heavy atom. The van der Waals surface area contributed by atoms with Crippen LogP contribution in [0.15, 0.2) is 18.2 Å². The summed E-state index contributed by atoms with van der Waals surface area (Å²) in [6.07, 6.45) is 0. The van der Waals surface area contributed by atoms with Crippen molar-refractivity contribution < 1.29 is 5.11 Å². The SMILES string of the molecule is Oc1cccc2c(Cl)c(CCl)[nH]c12. The lowest BCUT2D eigenvalue weighted by molar-refractivity contribution is 0.480. The van der Waals surface area contributed by atoms with Crippen LogP contribution in [0.1, 0.15) is 5.69 Å². The molecule has 0 saturated carbocycles. The fourth-order valence-corrected chi connectivity index (χ4v) is 1.86. The molecule has 0 unspecified atom stereocenters. The highest BCUT2D eigenvalue weighted by Gasteiger charge is 2.10. The third kappa shape index (κ3) is 1.26. The van der Waals surface area contributed by atoms with Crippen LogP contribution in [0.5, 0.6) is 5.75 Å². The number of aromatic hydroxyl groups is 1. The lowest BCUT2D eigenvalue weighted by atomic mass is 10.2. The van der Waals surface area contributed by atoms with Crippen molar-refractivity contribution in [2.24, 2.45) is 0 Å². The summed E-state index contributed by atoms with van der Waals surface area (Å²) < 4.78 is 0. The predicted octanol–water partition coefficient (Wildman–Crippen LogP) is 3.27. The Labute approximate surface area is 85.1 Å². The number of phenols is 1. The number of rotatable bonds is 1. The molecule has 2 aromatic rings. The van der Waals surface area contributed by atoms with Gasteiger partial charge in [0.25, 0.3) is 0 Å². The highest BCUT2D eigenvalue weighted by Crippen LogP contribution is 2.32. The van der Waals surface area contributed by atoms with Crippen molar-refractivity contribution >= 4 is 34.1 Å². The largest absolute Gasteiger partial charge is 0.506 e. The Kier molecular flexibility index (Phi) is 2.10. The number of phenolic OH excluding ortho intramolecular Hbond substituents is 1. The fraction of sp³-hybridized carbons (Fsp3) is 0.111. The molecule has 0 spiro atoms. The summed E-state index contributed by atoms with van der Waals surface area (Å²) in [6, 6.07) is 5.19. The van der Waals surface area contributed by atoms with Crippen LogP contribution in [0.4, 0.5) is 0 Å². The topological polar surface area (TPSA) is 36.0 Å². The molecule has 1 aromatic carbocycles. The van der Waals surface area contributed by atoms with E-state index in [1.54, 1.807) is 12.1 Å². The number of aromatic nitrogens is 1. The zero-order valence-electron chi connectivity index (χ0n) is 6.64. The maximum absolute atomic E-state index is 9.47. The Morgan fingerprint density at radius 3 is 2.77 bits per heavy atom. The van der Waals surface area contributed by atoms with E-state index in [0.717, 1.165) is 11.1 Å². The maximum Gasteiger partial charge on any atom is 0.139 e. The number of para-hydroxylation sites is 1. The molecule has 0 fully saturated rings. The minimum atomic E-state index is 0.191. The fourth-order valence-electron chi connectivity index (χ4n) is 1.31. The molecule has 0 aliphatic heterocycles. The van der Waals surface area contributed by atoms with Gasteiger partial charge in [-0.25, -0.2) is 0 Å². The van der Waals surface area contributed by atoms with Gasteiger partial charge in [-0.3, -0.25) is 0 Å². The second-order valence-electron chi connectivity index (χ2n) is 2.75. The van der Waals surface area contributed by atoms with Gasteiger partial charge in [-0.2, -0.15) is 0 Å². The second-order valence-corrected chi connectivity index (χ2v) is 3.40. The van der Waals surface area contributed by atoms with Crippen LogP contribution in [-0.4, -0.2) is 10.1 Å². The number of aromatic amines is 1. The van der Waals surface area contributed by atoms with Crippen molar-refractivity contribution in [2.45, 2.75) is 5.88 Å². The summed E-state index contributed by atoms with van der Waals surface area (Å²) in [6.45, 7) is 0. The molecule has 0 aliphatic carbocycles. The Balaban J connectivity index is 2.83. The zero-order valence-corrected chi connectivity index (χ0v) is 8.15. The molecule has 2 rings (SSSR count). The van der Waals surface area contributed by atoms with E-state index in [-0.39, 0.29) is 5.75 Å². The average molecular weight is 216 g/mol. The molecule has 2 N–H and O–H groups in total. The molecule has 0 saturated heterocycles. The number of alkyl halides is 1. The summed E-state index contributed by atoms with van der Waals surface area (Å²) in [5.74, 6) is 0.503. The number of fused-ring (bicyclic) bond motifs is 1. The first kappa shape index (κ1) is 8.73. The van der Waals surface area contributed by atoms with Gasteiger partial charge in [-0.1, -0.05) is 23.7 Å². The Bertz CT molecular complexity index is 450. The summed E-state index contributed by atoms with van der Waals surface area (Å²) in [5.41, 5.74) is 1.38. The molecule has 0 radical (unpaired) electrons. The maximum atomic E-state index is 9.47. The van der Waals surface area contributed by atoms with Crippen LogP contribution in [0.2, 0.25) is 5.02 Å². The number of hydrogen-bond acceptors (Lipinski definition) is 1. The molecule has 0 aliphatic rings. The molecule has 2 nitrogen and oxygen atoms in total. The Hall–Kier alpha value is -0.860. The van der Waals surface area contributed by atoms with E-state index in [4.69, 9.17) is 23.2 Å². The standard InChI is InChI=1S/C9H7Cl2NO/c10-4-6-8(11)5-2-1-3-7(13)9(5)12-6/h1-3,12-13H,4H2. The molecule has 1 aromatic heterocycles. The lowest BCUT2D eigenvalue weighted by Crippen LogP contribution is -1.75. The van der Waals surface area contributed by atoms with Crippen LogP contribution < -0.4 is 0 Å². The number of hydrogen-bond donors (Lipinski definition) is 2. The van der Waals surface area contributed by atoms with Crippen LogP contribution in [0.3, 0.4) is 0 Å². The first-order chi connectivity index (χ1) is 6.24. The molecule has 0 bridgehead atoms. The quantitative estimate of drug-likeness (QED) is 0.705. The van der Waals surface area contributed by atoms with Crippen molar-refractivity contribution in [3.05, 3.63) is 28.9 Å². The first-order valence-corrected chi connectivity index (χ1v) is 4.69. The minimum Gasteiger partial charge on any atom is -0.506 e. The van der Waals surface area contributed by atoms with Crippen molar-refractivity contribution in [3.63, 3.8) is 0 Å². The average Bonchev–Trinajstić information content (AvgIpc) is 2.45. The van der Waals surface area contributed by atoms with E-state index in [1.165, 1.54) is 0 Å². The normalized spacial score (nSPS) is 10.9. The number of benzene rings is 1. The summed E-state index contributed by atoms with van der Waals surface area (Å²) >= 11 is 11.7. The number of H-pyrrole nitrogens is 1. The van der Waals surface area contributed by atoms with Gasteiger partial charge in [-0.15, -0.1) is 11.6 Å². The van der Waals surface area contributed by atoms with Gasteiger partial charge in [-0.05, 0) is 6.07 Å². The molecular weight excluding hydrogens is 209 g/mol. The van der Waals surface area contributed by atoms with Gasteiger partial charge in [0.1, 0.15) is 5.75 Å². The molecule has 68 valence electrons. The molecular formula is C9H7Cl2NO. The first-order valence-electron chi connectivity index (χ1n) is 3.78. The lowest BCUT2D eigenvalue weighted by Gasteiger charge is -1.92. The van der Waals surface area contributed by atoms with E-state index < -0.39 is 0 Å². The minimum absolute atomic E-state index is 0.191. The molecule has 13 heavy (non-hydrogen) atoms. The van der Waals surface area contributed by atoms with Gasteiger partial charge in [0, 0.05) is 11.1 Å². The monoisotopic (exact) mass is 215 g/mol. The van der Waals surface area contributed by atoms with E-state index in [1.807, 2.05) is 6.07 Å². The number of nitrogens with one attached hydrogen (secondary N) is 1. The van der Waals surface area contributed by atoms with Crippen LogP contribution in [0, 0.1) is 0 Å². The van der Waals surface area contributed by atoms with E-state index in [9.17, 15) is 5.11 Å². The van der Waals surface area contributed by atoms with Crippen molar-refractivity contribution in [1.82, 2.24) is 4.98 Å². The summed E-state index contributed by atoms with van der Waals surface area (Å²) in [4.78, 5) is 2.97. The molecule has 0 amide bonds. The van der Waals surface area contributed by atoms with Gasteiger partial charge < -0.3 is 10.1 Å². The summed E-state index contributed by atoms with van der Waals surface area (Å²) in [7, 11) is 0. The van der Waals surface area contributed by atoms with Crippen molar-refractivity contribution in [2.75, 3.05) is 0 Å². The third-order valence-electron chi connectivity index (χ3n) is 1.95.